The number of nitrogens with one attached hydrogen (secondary N) is 1. The Morgan fingerprint density at radius 3 is 2.48 bits per heavy atom. The fourth-order valence-corrected chi connectivity index (χ4v) is 2.76. The molecule has 0 saturated heterocycles. The van der Waals surface area contributed by atoms with Gasteiger partial charge in [-0.2, -0.15) is 0 Å². The van der Waals surface area contributed by atoms with Crippen LogP contribution < -0.4 is 10.1 Å². The van der Waals surface area contributed by atoms with Gasteiger partial charge in [0.25, 0.3) is 0 Å². The maximum absolute atomic E-state index is 12.4. The molecule has 0 saturated carbocycles. The molecule has 0 aromatic heterocycles. The lowest BCUT2D eigenvalue weighted by Crippen LogP contribution is -2.45. The van der Waals surface area contributed by atoms with E-state index < -0.39 is 11.5 Å². The van der Waals surface area contributed by atoms with Crippen molar-refractivity contribution in [1.82, 2.24) is 5.32 Å². The Morgan fingerprint density at radius 2 is 1.84 bits per heavy atom. The number of aliphatic carboxylic acids is 1. The Kier molecular flexibility index (Phi) is 6.17. The molecule has 1 atom stereocenters. The zero-order valence-electron chi connectivity index (χ0n) is 14.5. The number of ether oxygens (including phenoxy) is 1. The number of carbonyl (C=O) groups is 2. The van der Waals surface area contributed by atoms with Crippen LogP contribution in [0.5, 0.6) is 5.75 Å². The van der Waals surface area contributed by atoms with Gasteiger partial charge in [-0.05, 0) is 36.6 Å². The van der Waals surface area contributed by atoms with Crippen LogP contribution in [0.15, 0.2) is 54.6 Å². The monoisotopic (exact) mass is 341 g/mol. The fourth-order valence-electron chi connectivity index (χ4n) is 2.76. The van der Waals surface area contributed by atoms with Gasteiger partial charge in [0.1, 0.15) is 5.75 Å². The molecule has 0 aliphatic carbocycles. The van der Waals surface area contributed by atoms with E-state index in [-0.39, 0.29) is 12.3 Å². The van der Waals surface area contributed by atoms with Crippen molar-refractivity contribution < 1.29 is 19.4 Å². The van der Waals surface area contributed by atoms with Gasteiger partial charge in [-0.25, -0.2) is 0 Å². The van der Waals surface area contributed by atoms with Gasteiger partial charge in [0.15, 0.2) is 0 Å². The first-order valence-corrected chi connectivity index (χ1v) is 8.14. The van der Waals surface area contributed by atoms with Crippen molar-refractivity contribution in [2.75, 3.05) is 7.11 Å². The maximum atomic E-state index is 12.4. The summed E-state index contributed by atoms with van der Waals surface area (Å²) in [7, 11) is 1.55. The smallest absolute Gasteiger partial charge is 0.306 e. The molecular formula is C20H23NO4. The lowest BCUT2D eigenvalue weighted by Gasteiger charge is -2.30. The Labute approximate surface area is 147 Å². The van der Waals surface area contributed by atoms with E-state index in [9.17, 15) is 14.7 Å². The molecule has 0 aliphatic heterocycles. The molecular weight excluding hydrogens is 318 g/mol. The number of methoxy groups -OCH3 is 1. The maximum Gasteiger partial charge on any atom is 0.306 e. The van der Waals surface area contributed by atoms with Crippen LogP contribution in [0.1, 0.15) is 30.9 Å². The van der Waals surface area contributed by atoms with E-state index in [1.165, 1.54) is 0 Å². The molecule has 0 heterocycles. The molecule has 2 aromatic carbocycles. The number of carboxylic acid groups (broad SMARTS) is 1. The van der Waals surface area contributed by atoms with Crippen LogP contribution >= 0.6 is 0 Å². The molecule has 2 N–H and O–H groups in total. The molecule has 1 unspecified atom stereocenters. The minimum absolute atomic E-state index is 0.185. The highest BCUT2D eigenvalue weighted by molar-refractivity contribution is 5.79. The van der Waals surface area contributed by atoms with Crippen LogP contribution in [0.2, 0.25) is 0 Å². The van der Waals surface area contributed by atoms with Gasteiger partial charge in [-0.1, -0.05) is 42.5 Å². The van der Waals surface area contributed by atoms with E-state index in [1.807, 2.05) is 30.3 Å². The molecule has 2 aromatic rings. The van der Waals surface area contributed by atoms with Crippen molar-refractivity contribution >= 4 is 11.9 Å². The van der Waals surface area contributed by atoms with Crippen LogP contribution in [0.3, 0.4) is 0 Å². The predicted octanol–water partition coefficient (Wildman–Crippen LogP) is 3.13. The summed E-state index contributed by atoms with van der Waals surface area (Å²) in [5, 5.41) is 12.2. The molecule has 5 heteroatoms. The molecule has 25 heavy (non-hydrogen) atoms. The lowest BCUT2D eigenvalue weighted by atomic mass is 9.88. The molecule has 0 aliphatic rings. The Morgan fingerprint density at radius 1 is 1.12 bits per heavy atom. The molecule has 0 bridgehead atoms. The van der Waals surface area contributed by atoms with Crippen LogP contribution in [0.25, 0.3) is 0 Å². The largest absolute Gasteiger partial charge is 0.497 e. The molecule has 5 nitrogen and oxygen atoms in total. The average Bonchev–Trinajstić information content (AvgIpc) is 2.60. The third-order valence-electron chi connectivity index (χ3n) is 4.11. The zero-order chi connectivity index (χ0) is 18.3. The molecule has 0 fully saturated rings. The van der Waals surface area contributed by atoms with Crippen molar-refractivity contribution in [2.45, 2.75) is 31.7 Å². The number of benzene rings is 2. The number of aryl methyl sites for hydroxylation is 1. The first-order chi connectivity index (χ1) is 11.9. The second kappa shape index (κ2) is 8.33. The summed E-state index contributed by atoms with van der Waals surface area (Å²) in [6, 6.07) is 16.8. The molecule has 132 valence electrons. The molecule has 2 rings (SSSR count). The van der Waals surface area contributed by atoms with Gasteiger partial charge in [-0.3, -0.25) is 9.59 Å². The van der Waals surface area contributed by atoms with Crippen molar-refractivity contribution in [3.05, 3.63) is 65.7 Å². The summed E-state index contributed by atoms with van der Waals surface area (Å²) in [5.41, 5.74) is 0.759. The van der Waals surface area contributed by atoms with Crippen LogP contribution in [-0.2, 0) is 21.5 Å². The highest BCUT2D eigenvalue weighted by atomic mass is 16.5. The molecule has 1 amide bonds. The minimum Gasteiger partial charge on any atom is -0.497 e. The number of rotatable bonds is 8. The Hall–Kier alpha value is -2.82. The summed E-state index contributed by atoms with van der Waals surface area (Å²) in [6.07, 6.45) is 0.689. The Bertz CT molecular complexity index is 729. The van der Waals surface area contributed by atoms with E-state index in [0.29, 0.717) is 24.2 Å². The van der Waals surface area contributed by atoms with E-state index in [0.717, 1.165) is 5.56 Å². The third kappa shape index (κ3) is 5.35. The predicted molar refractivity (Wildman–Crippen MR) is 95.5 cm³/mol. The number of hydrogen-bond donors (Lipinski definition) is 2. The van der Waals surface area contributed by atoms with Gasteiger partial charge < -0.3 is 15.2 Å². The molecule has 0 spiro atoms. The summed E-state index contributed by atoms with van der Waals surface area (Å²) in [6.45, 7) is 1.72. The lowest BCUT2D eigenvalue weighted by molar-refractivity contribution is -0.139. The van der Waals surface area contributed by atoms with Gasteiger partial charge in [0.2, 0.25) is 5.91 Å². The fraction of sp³-hybridized carbons (Fsp3) is 0.300. The number of hydrogen-bond acceptors (Lipinski definition) is 3. The minimum atomic E-state index is -1.01. The quantitative estimate of drug-likeness (QED) is 0.773. The summed E-state index contributed by atoms with van der Waals surface area (Å²) in [4.78, 5) is 23.7. The standard InChI is InChI=1S/C20H23NO4/c1-20(14-19(23)24,16-9-6-10-17(13-16)25-2)21-18(22)12-11-15-7-4-3-5-8-15/h3-10,13H,11-12,14H2,1-2H3,(H,21,22)(H,23,24). The number of carbonyl (C=O) groups excluding carboxylic acids is 1. The highest BCUT2D eigenvalue weighted by Crippen LogP contribution is 2.28. The van der Waals surface area contributed by atoms with Crippen molar-refractivity contribution in [1.29, 1.82) is 0 Å². The second-order valence-corrected chi connectivity index (χ2v) is 6.17. The van der Waals surface area contributed by atoms with E-state index in [1.54, 1.807) is 38.3 Å². The van der Waals surface area contributed by atoms with Crippen molar-refractivity contribution in [3.8, 4) is 5.75 Å². The van der Waals surface area contributed by atoms with Crippen LogP contribution in [0.4, 0.5) is 0 Å². The summed E-state index contributed by atoms with van der Waals surface area (Å²) < 4.78 is 5.21. The van der Waals surface area contributed by atoms with E-state index in [4.69, 9.17) is 4.74 Å². The first-order valence-electron chi connectivity index (χ1n) is 8.14. The van der Waals surface area contributed by atoms with Gasteiger partial charge in [0.05, 0.1) is 19.1 Å². The third-order valence-corrected chi connectivity index (χ3v) is 4.11. The SMILES string of the molecule is COc1cccc(C(C)(CC(=O)O)NC(=O)CCc2ccccc2)c1. The van der Waals surface area contributed by atoms with Gasteiger partial charge in [-0.15, -0.1) is 0 Å². The summed E-state index contributed by atoms with van der Waals surface area (Å²) in [5.74, 6) is -0.545. The number of carboxylic acids is 1. The average molecular weight is 341 g/mol. The van der Waals surface area contributed by atoms with E-state index in [2.05, 4.69) is 5.32 Å². The highest BCUT2D eigenvalue weighted by Gasteiger charge is 2.31. The van der Waals surface area contributed by atoms with Crippen molar-refractivity contribution in [3.63, 3.8) is 0 Å². The Balaban J connectivity index is 2.13. The van der Waals surface area contributed by atoms with Crippen LogP contribution in [-0.4, -0.2) is 24.1 Å². The topological polar surface area (TPSA) is 75.6 Å². The van der Waals surface area contributed by atoms with Gasteiger partial charge in [0, 0.05) is 6.42 Å². The zero-order valence-corrected chi connectivity index (χ0v) is 14.5. The molecule has 0 radical (unpaired) electrons. The second-order valence-electron chi connectivity index (χ2n) is 6.17. The first kappa shape index (κ1) is 18.5. The normalized spacial score (nSPS) is 12.9. The summed E-state index contributed by atoms with van der Waals surface area (Å²) >= 11 is 0. The van der Waals surface area contributed by atoms with Crippen molar-refractivity contribution in [2.24, 2.45) is 0 Å². The van der Waals surface area contributed by atoms with E-state index >= 15 is 0 Å². The van der Waals surface area contributed by atoms with Crippen LogP contribution in [0, 0.1) is 0 Å². The number of amides is 1. The van der Waals surface area contributed by atoms with Gasteiger partial charge >= 0.3 is 5.97 Å².